The molecule has 3 nitrogen and oxygen atoms in total. The van der Waals surface area contributed by atoms with Crippen LogP contribution in [-0.4, -0.2) is 34.6 Å². The summed E-state index contributed by atoms with van der Waals surface area (Å²) in [6, 6.07) is 0. The van der Waals surface area contributed by atoms with Gasteiger partial charge in [0.2, 0.25) is 0 Å². The van der Waals surface area contributed by atoms with Gasteiger partial charge >= 0.3 is 0 Å². The third-order valence-corrected chi connectivity index (χ3v) is 3.45. The number of fused-ring (bicyclic) bond motifs is 2. The van der Waals surface area contributed by atoms with Gasteiger partial charge in [-0.15, -0.1) is 0 Å². The summed E-state index contributed by atoms with van der Waals surface area (Å²) < 4.78 is 5.69. The summed E-state index contributed by atoms with van der Waals surface area (Å²) in [6.45, 7) is 3.75. The number of aliphatic hydroxyl groups is 2. The topological polar surface area (TPSA) is 49.7 Å². The quantitative estimate of drug-likeness (QED) is 0.662. The summed E-state index contributed by atoms with van der Waals surface area (Å²) in [5, 5.41) is 19.2. The van der Waals surface area contributed by atoms with E-state index in [2.05, 4.69) is 0 Å². The van der Waals surface area contributed by atoms with Crippen molar-refractivity contribution in [2.45, 2.75) is 44.5 Å². The van der Waals surface area contributed by atoms with Gasteiger partial charge in [-0.2, -0.15) is 0 Å². The lowest BCUT2D eigenvalue weighted by molar-refractivity contribution is -0.0359. The van der Waals surface area contributed by atoms with Gasteiger partial charge in [0.1, 0.15) is 0 Å². The van der Waals surface area contributed by atoms with Crippen LogP contribution in [0.3, 0.4) is 0 Å². The summed E-state index contributed by atoms with van der Waals surface area (Å²) in [7, 11) is 0. The Morgan fingerprint density at radius 1 is 1.31 bits per heavy atom. The molecule has 76 valence electrons. The molecule has 0 aliphatic carbocycles. The van der Waals surface area contributed by atoms with Crippen LogP contribution >= 0.6 is 0 Å². The SMILES string of the molecule is CC(C)(O)[C@H]1[C@@H](CO)[C@@H]2CC[C@H]1O2. The summed E-state index contributed by atoms with van der Waals surface area (Å²) in [5.74, 6) is 0.245. The van der Waals surface area contributed by atoms with Crippen molar-refractivity contribution < 1.29 is 14.9 Å². The molecule has 2 saturated heterocycles. The van der Waals surface area contributed by atoms with Crippen LogP contribution in [0.5, 0.6) is 0 Å². The molecule has 2 N–H and O–H groups in total. The van der Waals surface area contributed by atoms with Gasteiger partial charge in [-0.05, 0) is 26.7 Å². The molecule has 0 spiro atoms. The maximum Gasteiger partial charge on any atom is 0.0649 e. The van der Waals surface area contributed by atoms with Gasteiger partial charge < -0.3 is 14.9 Å². The van der Waals surface area contributed by atoms with Gasteiger partial charge in [0.15, 0.2) is 0 Å². The lowest BCUT2D eigenvalue weighted by Crippen LogP contribution is -2.44. The van der Waals surface area contributed by atoms with Crippen LogP contribution in [-0.2, 0) is 4.74 Å². The van der Waals surface area contributed by atoms with Gasteiger partial charge in [0.25, 0.3) is 0 Å². The molecular weight excluding hydrogens is 168 g/mol. The maximum atomic E-state index is 9.95. The Morgan fingerprint density at radius 3 is 2.38 bits per heavy atom. The molecule has 0 aromatic heterocycles. The van der Waals surface area contributed by atoms with Crippen molar-refractivity contribution in [2.75, 3.05) is 6.61 Å². The second kappa shape index (κ2) is 2.94. The predicted octanol–water partition coefficient (Wildman–Crippen LogP) is 0.543. The molecule has 2 rings (SSSR count). The van der Waals surface area contributed by atoms with Crippen LogP contribution in [0.15, 0.2) is 0 Å². The highest BCUT2D eigenvalue weighted by molar-refractivity contribution is 5.01. The first kappa shape index (κ1) is 9.44. The molecule has 0 unspecified atom stereocenters. The fraction of sp³-hybridized carbons (Fsp3) is 1.00. The Bertz CT molecular complexity index is 197. The smallest absolute Gasteiger partial charge is 0.0649 e. The molecule has 2 bridgehead atoms. The fourth-order valence-corrected chi connectivity index (χ4v) is 2.99. The molecule has 2 heterocycles. The van der Waals surface area contributed by atoms with E-state index in [1.807, 2.05) is 13.8 Å². The van der Waals surface area contributed by atoms with Crippen molar-refractivity contribution in [1.29, 1.82) is 0 Å². The van der Waals surface area contributed by atoms with Gasteiger partial charge in [0.05, 0.1) is 17.8 Å². The normalized spacial score (nSPS) is 44.3. The van der Waals surface area contributed by atoms with E-state index in [0.29, 0.717) is 0 Å². The monoisotopic (exact) mass is 186 g/mol. The Labute approximate surface area is 78.7 Å². The van der Waals surface area contributed by atoms with Crippen LogP contribution in [0.1, 0.15) is 26.7 Å². The van der Waals surface area contributed by atoms with Crippen molar-refractivity contribution in [3.05, 3.63) is 0 Å². The highest BCUT2D eigenvalue weighted by Crippen LogP contribution is 2.47. The largest absolute Gasteiger partial charge is 0.396 e. The van der Waals surface area contributed by atoms with Gasteiger partial charge in [-0.3, -0.25) is 0 Å². The Hall–Kier alpha value is -0.120. The van der Waals surface area contributed by atoms with Gasteiger partial charge in [-0.1, -0.05) is 0 Å². The van der Waals surface area contributed by atoms with E-state index in [9.17, 15) is 10.2 Å². The number of aliphatic hydroxyl groups excluding tert-OH is 1. The van der Waals surface area contributed by atoms with Crippen molar-refractivity contribution in [3.63, 3.8) is 0 Å². The molecule has 0 aromatic rings. The lowest BCUT2D eigenvalue weighted by atomic mass is 9.72. The predicted molar refractivity (Wildman–Crippen MR) is 48.3 cm³/mol. The number of hydrogen-bond acceptors (Lipinski definition) is 3. The van der Waals surface area contributed by atoms with Crippen molar-refractivity contribution in [3.8, 4) is 0 Å². The van der Waals surface area contributed by atoms with E-state index in [-0.39, 0.29) is 30.7 Å². The van der Waals surface area contributed by atoms with E-state index in [1.165, 1.54) is 0 Å². The Balaban J connectivity index is 2.18. The molecule has 0 aromatic carbocycles. The molecule has 4 atom stereocenters. The average Bonchev–Trinajstić information content (AvgIpc) is 2.59. The molecule has 2 aliphatic rings. The number of hydrogen-bond donors (Lipinski definition) is 2. The summed E-state index contributed by atoms with van der Waals surface area (Å²) in [4.78, 5) is 0. The standard InChI is InChI=1S/C10H18O3/c1-10(2,12)9-6(5-11)7-3-4-8(9)13-7/h6-9,11-12H,3-5H2,1-2H3/t6-,7-,8+,9-/m0/s1. The van der Waals surface area contributed by atoms with E-state index >= 15 is 0 Å². The fourth-order valence-electron chi connectivity index (χ4n) is 2.99. The third-order valence-electron chi connectivity index (χ3n) is 3.45. The molecule has 0 saturated carbocycles. The van der Waals surface area contributed by atoms with Crippen molar-refractivity contribution >= 4 is 0 Å². The molecular formula is C10H18O3. The average molecular weight is 186 g/mol. The maximum absolute atomic E-state index is 9.95. The van der Waals surface area contributed by atoms with Crippen molar-refractivity contribution in [2.24, 2.45) is 11.8 Å². The Kier molecular flexibility index (Phi) is 2.13. The molecule has 2 aliphatic heterocycles. The third kappa shape index (κ3) is 1.39. The second-order valence-electron chi connectivity index (χ2n) is 4.82. The lowest BCUT2D eigenvalue weighted by Gasteiger charge is -2.35. The first-order valence-electron chi connectivity index (χ1n) is 5.02. The zero-order chi connectivity index (χ0) is 9.64. The van der Waals surface area contributed by atoms with Gasteiger partial charge in [-0.25, -0.2) is 0 Å². The van der Waals surface area contributed by atoms with Crippen LogP contribution in [0, 0.1) is 11.8 Å². The minimum absolute atomic E-state index is 0.108. The van der Waals surface area contributed by atoms with Crippen LogP contribution in [0.2, 0.25) is 0 Å². The van der Waals surface area contributed by atoms with Crippen molar-refractivity contribution in [1.82, 2.24) is 0 Å². The first-order chi connectivity index (χ1) is 6.04. The van der Waals surface area contributed by atoms with E-state index in [0.717, 1.165) is 12.8 Å². The van der Waals surface area contributed by atoms with Crippen LogP contribution in [0.4, 0.5) is 0 Å². The summed E-state index contributed by atoms with van der Waals surface area (Å²) in [5.41, 5.74) is -0.729. The molecule has 0 amide bonds. The van der Waals surface area contributed by atoms with Gasteiger partial charge in [0, 0.05) is 18.4 Å². The summed E-state index contributed by atoms with van der Waals surface area (Å²) in [6.07, 6.45) is 2.44. The minimum Gasteiger partial charge on any atom is -0.396 e. The molecule has 13 heavy (non-hydrogen) atoms. The van der Waals surface area contributed by atoms with E-state index in [1.54, 1.807) is 0 Å². The van der Waals surface area contributed by atoms with Crippen LogP contribution in [0.25, 0.3) is 0 Å². The van der Waals surface area contributed by atoms with E-state index < -0.39 is 5.60 Å². The molecule has 3 heteroatoms. The molecule has 0 radical (unpaired) electrons. The zero-order valence-corrected chi connectivity index (χ0v) is 8.23. The number of rotatable bonds is 2. The highest BCUT2D eigenvalue weighted by atomic mass is 16.5. The highest BCUT2D eigenvalue weighted by Gasteiger charge is 2.53. The zero-order valence-electron chi connectivity index (χ0n) is 8.23. The second-order valence-corrected chi connectivity index (χ2v) is 4.82. The first-order valence-corrected chi connectivity index (χ1v) is 5.02. The Morgan fingerprint density at radius 2 is 1.92 bits per heavy atom. The van der Waals surface area contributed by atoms with Crippen LogP contribution < -0.4 is 0 Å². The number of ether oxygens (including phenoxy) is 1. The van der Waals surface area contributed by atoms with E-state index in [4.69, 9.17) is 4.74 Å². The minimum atomic E-state index is -0.729. The molecule has 2 fully saturated rings. The summed E-state index contributed by atoms with van der Waals surface area (Å²) >= 11 is 0.